The van der Waals surface area contributed by atoms with E-state index in [1.807, 2.05) is 27.7 Å². The second kappa shape index (κ2) is 10.0. The lowest BCUT2D eigenvalue weighted by molar-refractivity contribution is -0.150. The van der Waals surface area contributed by atoms with Crippen LogP contribution >= 0.6 is 11.8 Å². The number of hydrogen-bond donors (Lipinski definition) is 0. The van der Waals surface area contributed by atoms with Gasteiger partial charge in [0.15, 0.2) is 0 Å². The van der Waals surface area contributed by atoms with Gasteiger partial charge in [-0.05, 0) is 47.0 Å². The molecule has 1 rings (SSSR count). The summed E-state index contributed by atoms with van der Waals surface area (Å²) in [4.78, 5) is 12.1. The minimum Gasteiger partial charge on any atom is -0.461 e. The van der Waals surface area contributed by atoms with Gasteiger partial charge in [-0.1, -0.05) is 6.92 Å². The lowest BCUT2D eigenvalue weighted by atomic mass is 10.1. The molecule has 0 aliphatic carbocycles. The minimum atomic E-state index is -2.58. The van der Waals surface area contributed by atoms with E-state index in [2.05, 4.69) is 6.92 Å². The molecule has 0 aromatic rings. The Labute approximate surface area is 146 Å². The van der Waals surface area contributed by atoms with Crippen molar-refractivity contribution in [1.82, 2.24) is 0 Å². The molecule has 2 unspecified atom stereocenters. The van der Waals surface area contributed by atoms with Crippen molar-refractivity contribution in [3.63, 3.8) is 0 Å². The van der Waals surface area contributed by atoms with Gasteiger partial charge >= 0.3 is 14.8 Å². The third-order valence-corrected chi connectivity index (χ3v) is 8.31. The first-order valence-electron chi connectivity index (χ1n) is 8.72. The van der Waals surface area contributed by atoms with Gasteiger partial charge in [-0.15, -0.1) is 11.8 Å². The molecule has 1 heterocycles. The van der Waals surface area contributed by atoms with Gasteiger partial charge < -0.3 is 18.0 Å². The molecule has 0 spiro atoms. The van der Waals surface area contributed by atoms with Crippen molar-refractivity contribution < 1.29 is 22.8 Å². The van der Waals surface area contributed by atoms with Crippen LogP contribution in [-0.2, 0) is 22.8 Å². The Morgan fingerprint density at radius 3 is 2.04 bits per heavy atom. The summed E-state index contributed by atoms with van der Waals surface area (Å²) in [6, 6.07) is 0.766. The van der Waals surface area contributed by atoms with Gasteiger partial charge in [0.05, 0.1) is 0 Å². The molecule has 0 aromatic heterocycles. The highest BCUT2D eigenvalue weighted by Gasteiger charge is 2.48. The van der Waals surface area contributed by atoms with Gasteiger partial charge in [-0.2, -0.15) is 0 Å². The molecular weight excluding hydrogens is 332 g/mol. The summed E-state index contributed by atoms with van der Waals surface area (Å²) in [5.74, 6) is 0.800. The van der Waals surface area contributed by atoms with Gasteiger partial charge in [-0.25, -0.2) is 0 Å². The first-order valence-corrected chi connectivity index (χ1v) is 11.6. The van der Waals surface area contributed by atoms with E-state index in [4.69, 9.17) is 18.0 Å². The number of carbonyl (C=O) groups excluding carboxylic acids is 1. The Bertz CT molecular complexity index is 345. The van der Waals surface area contributed by atoms with Crippen LogP contribution in [0.2, 0.25) is 6.04 Å². The summed E-state index contributed by atoms with van der Waals surface area (Å²) >= 11 is 1.65. The van der Waals surface area contributed by atoms with Crippen LogP contribution in [-0.4, -0.2) is 51.2 Å². The van der Waals surface area contributed by atoms with Crippen molar-refractivity contribution in [3.05, 3.63) is 0 Å². The molecule has 0 N–H and O–H groups in total. The summed E-state index contributed by atoms with van der Waals surface area (Å²) in [7, 11) is -2.58. The van der Waals surface area contributed by atoms with E-state index in [0.29, 0.717) is 19.8 Å². The van der Waals surface area contributed by atoms with Crippen molar-refractivity contribution in [3.8, 4) is 0 Å². The normalized spacial score (nSPS) is 22.0. The number of carbonyl (C=O) groups is 1. The van der Waals surface area contributed by atoms with Crippen LogP contribution in [0.4, 0.5) is 0 Å². The Balaban J connectivity index is 2.46. The largest absolute Gasteiger partial charge is 0.500 e. The van der Waals surface area contributed by atoms with Crippen molar-refractivity contribution >= 4 is 26.5 Å². The maximum Gasteiger partial charge on any atom is 0.500 e. The third kappa shape index (κ3) is 6.74. The van der Waals surface area contributed by atoms with Crippen LogP contribution < -0.4 is 0 Å². The summed E-state index contributed by atoms with van der Waals surface area (Å²) in [6.45, 7) is 11.7. The van der Waals surface area contributed by atoms with Crippen molar-refractivity contribution in [1.29, 1.82) is 0 Å². The van der Waals surface area contributed by atoms with Gasteiger partial charge in [0.2, 0.25) is 0 Å². The highest BCUT2D eigenvalue weighted by atomic mass is 32.2. The molecule has 0 amide bonds. The highest BCUT2D eigenvalue weighted by Crippen LogP contribution is 2.45. The second-order valence-electron chi connectivity index (χ2n) is 5.83. The molecule has 2 atom stereocenters. The van der Waals surface area contributed by atoms with Crippen LogP contribution in [0.15, 0.2) is 0 Å². The van der Waals surface area contributed by atoms with Gasteiger partial charge in [0.1, 0.15) is 10.9 Å². The summed E-state index contributed by atoms with van der Waals surface area (Å²) in [5.41, 5.74) is 0. The monoisotopic (exact) mass is 364 g/mol. The molecule has 5 nitrogen and oxygen atoms in total. The quantitative estimate of drug-likeness (QED) is 0.282. The molecule has 0 saturated carbocycles. The van der Waals surface area contributed by atoms with Crippen LogP contribution in [0, 0.1) is 0 Å². The van der Waals surface area contributed by atoms with Crippen LogP contribution in [0.25, 0.3) is 0 Å². The fraction of sp³-hybridized carbons (Fsp3) is 0.938. The van der Waals surface area contributed by atoms with Crippen molar-refractivity contribution in [2.45, 2.75) is 70.8 Å². The van der Waals surface area contributed by atoms with Crippen molar-refractivity contribution in [2.24, 2.45) is 0 Å². The summed E-state index contributed by atoms with van der Waals surface area (Å²) < 4.78 is 22.9. The van der Waals surface area contributed by atoms with E-state index in [9.17, 15) is 4.79 Å². The lowest BCUT2D eigenvalue weighted by Gasteiger charge is -2.29. The third-order valence-electron chi connectivity index (χ3n) is 3.84. The zero-order chi connectivity index (χ0) is 17.3. The second-order valence-corrected chi connectivity index (χ2v) is 10.0. The smallest absolute Gasteiger partial charge is 0.461 e. The average Bonchev–Trinajstić information content (AvgIpc) is 3.26. The minimum absolute atomic E-state index is 0.0305. The molecule has 1 fully saturated rings. The zero-order valence-corrected chi connectivity index (χ0v) is 17.0. The SMILES string of the molecule is CCO[Si](CCCC(CC)OC(=O)C1(C)CS1)(OCC)OCC. The van der Waals surface area contributed by atoms with Crippen molar-refractivity contribution in [2.75, 3.05) is 25.6 Å². The Hall–Kier alpha value is -0.0831. The maximum atomic E-state index is 12.1. The Morgan fingerprint density at radius 2 is 1.65 bits per heavy atom. The van der Waals surface area contributed by atoms with E-state index < -0.39 is 8.80 Å². The number of rotatable bonds is 13. The van der Waals surface area contributed by atoms with E-state index in [1.54, 1.807) is 11.8 Å². The van der Waals surface area contributed by atoms with E-state index in [-0.39, 0.29) is 16.8 Å². The number of ether oxygens (including phenoxy) is 1. The van der Waals surface area contributed by atoms with Gasteiger partial charge in [0, 0.05) is 31.6 Å². The molecule has 136 valence electrons. The average molecular weight is 365 g/mol. The number of esters is 1. The maximum absolute atomic E-state index is 12.1. The van der Waals surface area contributed by atoms with Gasteiger partial charge in [-0.3, -0.25) is 4.79 Å². The first kappa shape index (κ1) is 21.0. The van der Waals surface area contributed by atoms with E-state index in [1.165, 1.54) is 0 Å². The van der Waals surface area contributed by atoms with Crippen LogP contribution in [0.5, 0.6) is 0 Å². The Morgan fingerprint density at radius 1 is 1.13 bits per heavy atom. The molecule has 1 aliphatic heterocycles. The van der Waals surface area contributed by atoms with Crippen LogP contribution in [0.1, 0.15) is 53.9 Å². The van der Waals surface area contributed by atoms with E-state index in [0.717, 1.165) is 31.1 Å². The Kier molecular flexibility index (Phi) is 9.14. The molecule has 7 heteroatoms. The highest BCUT2D eigenvalue weighted by molar-refractivity contribution is 8.08. The summed E-state index contributed by atoms with van der Waals surface area (Å²) in [5, 5.41) is 0. The summed E-state index contributed by atoms with van der Waals surface area (Å²) in [6.07, 6.45) is 2.50. The molecular formula is C16H32O5SSi. The fourth-order valence-electron chi connectivity index (χ4n) is 2.40. The lowest BCUT2D eigenvalue weighted by Crippen LogP contribution is -2.46. The molecule has 0 aromatic carbocycles. The van der Waals surface area contributed by atoms with Crippen LogP contribution in [0.3, 0.4) is 0 Å². The predicted octanol–water partition coefficient (Wildman–Crippen LogP) is 3.64. The zero-order valence-electron chi connectivity index (χ0n) is 15.2. The first-order chi connectivity index (χ1) is 10.9. The topological polar surface area (TPSA) is 54.0 Å². The standard InChI is InChI=1S/C16H32O5SSi/c1-6-14(21-15(17)16(5)13-22-16)11-10-12-23(18-7-2,19-8-3)20-9-4/h14H,6-13H2,1-5H3. The number of thioether (sulfide) groups is 1. The van der Waals surface area contributed by atoms with Gasteiger partial charge in [0.25, 0.3) is 0 Å². The molecule has 23 heavy (non-hydrogen) atoms. The molecule has 1 saturated heterocycles. The van der Waals surface area contributed by atoms with E-state index >= 15 is 0 Å². The fourth-order valence-corrected chi connectivity index (χ4v) is 5.54. The molecule has 1 aliphatic rings. The molecule has 0 bridgehead atoms. The molecule has 0 radical (unpaired) electrons. The number of hydrogen-bond acceptors (Lipinski definition) is 6. The predicted molar refractivity (Wildman–Crippen MR) is 95.7 cm³/mol.